The lowest BCUT2D eigenvalue weighted by molar-refractivity contribution is -0.139. The molecule has 1 aliphatic rings. The van der Waals surface area contributed by atoms with E-state index in [1.54, 1.807) is 19.9 Å². The van der Waals surface area contributed by atoms with Gasteiger partial charge in [-0.3, -0.25) is 19.2 Å². The normalized spacial score (nSPS) is 20.2. The second kappa shape index (κ2) is 12.3. The Balaban J connectivity index is 1.94. The molecule has 36 heavy (non-hydrogen) atoms. The van der Waals surface area contributed by atoms with Crippen LogP contribution in [-0.2, 0) is 20.8 Å². The van der Waals surface area contributed by atoms with Crippen LogP contribution in [0.1, 0.15) is 54.7 Å². The van der Waals surface area contributed by atoms with Crippen molar-refractivity contribution in [2.24, 2.45) is 5.92 Å². The predicted octanol–water partition coefficient (Wildman–Crippen LogP) is 2.35. The molecule has 0 radical (unpaired) electrons. The van der Waals surface area contributed by atoms with Crippen molar-refractivity contribution >= 4 is 23.6 Å². The van der Waals surface area contributed by atoms with E-state index in [9.17, 15) is 23.6 Å². The predicted molar refractivity (Wildman–Crippen MR) is 133 cm³/mol. The molecule has 1 heterocycles. The maximum absolute atomic E-state index is 14.4. The van der Waals surface area contributed by atoms with E-state index in [4.69, 9.17) is 0 Å². The second-order valence-corrected chi connectivity index (χ2v) is 9.31. The summed E-state index contributed by atoms with van der Waals surface area (Å²) >= 11 is 0. The molecule has 2 atom stereocenters. The fourth-order valence-corrected chi connectivity index (χ4v) is 4.03. The fourth-order valence-electron chi connectivity index (χ4n) is 4.03. The van der Waals surface area contributed by atoms with Gasteiger partial charge in [-0.2, -0.15) is 0 Å². The lowest BCUT2D eigenvalue weighted by atomic mass is 10.0. The number of aryl methyl sites for hydroxylation is 1. The van der Waals surface area contributed by atoms with Gasteiger partial charge in [0.05, 0.1) is 18.2 Å². The van der Waals surface area contributed by atoms with Crippen molar-refractivity contribution in [3.05, 3.63) is 71.0 Å². The molecule has 0 fully saturated rings. The molecule has 1 aliphatic heterocycles. The van der Waals surface area contributed by atoms with Crippen LogP contribution in [0, 0.1) is 11.7 Å². The zero-order valence-corrected chi connectivity index (χ0v) is 20.8. The van der Waals surface area contributed by atoms with Crippen LogP contribution >= 0.6 is 0 Å². The number of rotatable bonds is 2. The fraction of sp³-hybridized carbons (Fsp3) is 0.407. The van der Waals surface area contributed by atoms with Gasteiger partial charge >= 0.3 is 0 Å². The first kappa shape index (κ1) is 26.8. The summed E-state index contributed by atoms with van der Waals surface area (Å²) in [6, 6.07) is 11.8. The molecule has 0 spiro atoms. The highest BCUT2D eigenvalue weighted by Gasteiger charge is 2.27. The molecule has 4 amide bonds. The van der Waals surface area contributed by atoms with Crippen LogP contribution in [0.4, 0.5) is 4.39 Å². The van der Waals surface area contributed by atoms with Crippen molar-refractivity contribution in [3.8, 4) is 0 Å². The van der Waals surface area contributed by atoms with Gasteiger partial charge in [0.2, 0.25) is 17.7 Å². The third-order valence-corrected chi connectivity index (χ3v) is 6.04. The number of nitrogens with one attached hydrogen (secondary N) is 3. The average Bonchev–Trinajstić information content (AvgIpc) is 2.85. The molecular formula is C27H33FN4O4. The SMILES string of the molecule is CC(C)C(=O)N1CC(=O)NCCCc2ccc(F)c(c2)C(=O)N[C@H](C)C(=O)N[C@@H](c2ccccc2)C1. The van der Waals surface area contributed by atoms with Crippen molar-refractivity contribution < 1.29 is 23.6 Å². The highest BCUT2D eigenvalue weighted by atomic mass is 19.1. The quantitative estimate of drug-likeness (QED) is 0.593. The number of halogens is 1. The number of hydrogen-bond donors (Lipinski definition) is 3. The molecule has 0 saturated heterocycles. The van der Waals surface area contributed by atoms with Gasteiger partial charge in [-0.05, 0) is 43.0 Å². The molecule has 8 nitrogen and oxygen atoms in total. The van der Waals surface area contributed by atoms with Gasteiger partial charge in [-0.15, -0.1) is 0 Å². The summed E-state index contributed by atoms with van der Waals surface area (Å²) in [6.45, 7) is 5.29. The Morgan fingerprint density at radius 1 is 1.06 bits per heavy atom. The summed E-state index contributed by atoms with van der Waals surface area (Å²) in [5.41, 5.74) is 1.33. The van der Waals surface area contributed by atoms with E-state index in [1.807, 2.05) is 30.3 Å². The number of amides is 4. The minimum Gasteiger partial charge on any atom is -0.355 e. The molecule has 3 rings (SSSR count). The second-order valence-electron chi connectivity index (χ2n) is 9.31. The van der Waals surface area contributed by atoms with Crippen LogP contribution in [0.15, 0.2) is 48.5 Å². The Morgan fingerprint density at radius 3 is 2.47 bits per heavy atom. The highest BCUT2D eigenvalue weighted by Crippen LogP contribution is 2.17. The van der Waals surface area contributed by atoms with Crippen LogP contribution in [-0.4, -0.2) is 54.2 Å². The summed E-state index contributed by atoms with van der Waals surface area (Å²) < 4.78 is 14.4. The lowest BCUT2D eigenvalue weighted by Gasteiger charge is -2.30. The van der Waals surface area contributed by atoms with E-state index in [0.717, 1.165) is 11.1 Å². The third kappa shape index (κ3) is 7.13. The van der Waals surface area contributed by atoms with Crippen LogP contribution < -0.4 is 16.0 Å². The van der Waals surface area contributed by atoms with Crippen molar-refractivity contribution in [1.82, 2.24) is 20.9 Å². The van der Waals surface area contributed by atoms with Crippen LogP contribution in [0.5, 0.6) is 0 Å². The Bertz CT molecular complexity index is 1110. The van der Waals surface area contributed by atoms with Crippen molar-refractivity contribution in [3.63, 3.8) is 0 Å². The standard InChI is InChI=1S/C27H33FN4O4/c1-17(2)27(36)32-15-23(20-9-5-4-6-10-20)31-25(34)18(3)30-26(35)21-14-19(11-12-22(21)28)8-7-13-29-24(33)16-32/h4-6,9-12,14,17-18,23H,7-8,13,15-16H2,1-3H3,(H,29,33)(H,30,35)(H,31,34)/t18-,23-/m1/s1. The van der Waals surface area contributed by atoms with Gasteiger partial charge in [0.25, 0.3) is 5.91 Å². The van der Waals surface area contributed by atoms with E-state index < -0.39 is 29.7 Å². The summed E-state index contributed by atoms with van der Waals surface area (Å²) in [5.74, 6) is -2.75. The zero-order valence-electron chi connectivity index (χ0n) is 20.8. The first-order valence-corrected chi connectivity index (χ1v) is 12.2. The summed E-state index contributed by atoms with van der Waals surface area (Å²) in [7, 11) is 0. The Labute approximate surface area is 210 Å². The first-order valence-electron chi connectivity index (χ1n) is 12.2. The molecule has 192 valence electrons. The maximum atomic E-state index is 14.4. The molecule has 0 aliphatic carbocycles. The Morgan fingerprint density at radius 2 is 1.78 bits per heavy atom. The molecule has 0 saturated carbocycles. The van der Waals surface area contributed by atoms with Crippen LogP contribution in [0.3, 0.4) is 0 Å². The average molecular weight is 497 g/mol. The molecule has 9 heteroatoms. The molecule has 3 N–H and O–H groups in total. The van der Waals surface area contributed by atoms with Gasteiger partial charge in [-0.1, -0.05) is 50.2 Å². The van der Waals surface area contributed by atoms with E-state index >= 15 is 0 Å². The van der Waals surface area contributed by atoms with E-state index in [-0.39, 0.29) is 36.4 Å². The topological polar surface area (TPSA) is 108 Å². The Kier molecular flexibility index (Phi) is 9.16. The minimum atomic E-state index is -0.972. The number of carbonyl (C=O) groups excluding carboxylic acids is 4. The van der Waals surface area contributed by atoms with Gasteiger partial charge < -0.3 is 20.9 Å². The maximum Gasteiger partial charge on any atom is 0.254 e. The van der Waals surface area contributed by atoms with Crippen LogP contribution in [0.25, 0.3) is 0 Å². The van der Waals surface area contributed by atoms with Gasteiger partial charge in [0, 0.05) is 19.0 Å². The van der Waals surface area contributed by atoms with Gasteiger partial charge in [0.1, 0.15) is 11.9 Å². The molecule has 0 aromatic heterocycles. The Hall–Kier alpha value is -3.75. The number of hydrogen-bond acceptors (Lipinski definition) is 4. The summed E-state index contributed by atoms with van der Waals surface area (Å²) in [4.78, 5) is 53.0. The van der Waals surface area contributed by atoms with E-state index in [1.165, 1.54) is 24.0 Å². The molecule has 2 aromatic rings. The lowest BCUT2D eigenvalue weighted by Crippen LogP contribution is -2.50. The van der Waals surface area contributed by atoms with E-state index in [0.29, 0.717) is 19.4 Å². The zero-order chi connectivity index (χ0) is 26.2. The molecule has 2 aromatic carbocycles. The largest absolute Gasteiger partial charge is 0.355 e. The van der Waals surface area contributed by atoms with Crippen molar-refractivity contribution in [2.75, 3.05) is 19.6 Å². The number of carbonyl (C=O) groups is 4. The molecule has 2 bridgehead atoms. The van der Waals surface area contributed by atoms with Gasteiger partial charge in [0.15, 0.2) is 0 Å². The van der Waals surface area contributed by atoms with E-state index in [2.05, 4.69) is 16.0 Å². The summed E-state index contributed by atoms with van der Waals surface area (Å²) in [6.07, 6.45) is 1.08. The highest BCUT2D eigenvalue weighted by molar-refractivity contribution is 5.97. The van der Waals surface area contributed by atoms with Crippen molar-refractivity contribution in [1.29, 1.82) is 0 Å². The van der Waals surface area contributed by atoms with Gasteiger partial charge in [-0.25, -0.2) is 4.39 Å². The number of benzene rings is 2. The first-order chi connectivity index (χ1) is 17.2. The monoisotopic (exact) mass is 496 g/mol. The third-order valence-electron chi connectivity index (χ3n) is 6.04. The minimum absolute atomic E-state index is 0.0657. The summed E-state index contributed by atoms with van der Waals surface area (Å²) in [5, 5.41) is 8.28. The number of fused-ring (bicyclic) bond motifs is 2. The van der Waals surface area contributed by atoms with Crippen molar-refractivity contribution in [2.45, 2.75) is 45.7 Å². The van der Waals surface area contributed by atoms with Crippen LogP contribution in [0.2, 0.25) is 0 Å². The smallest absolute Gasteiger partial charge is 0.254 e. The molecule has 0 unspecified atom stereocenters. The molecular weight excluding hydrogens is 463 g/mol. The number of nitrogens with zero attached hydrogens (tertiary/aromatic N) is 1.